The molecule has 280 valence electrons. The number of carbonyl (C=O) groups is 1. The molecule has 0 rings (SSSR count). The van der Waals surface area contributed by atoms with Gasteiger partial charge in [-0.1, -0.05) is 187 Å². The van der Waals surface area contributed by atoms with E-state index in [-0.39, 0.29) is 6.42 Å². The van der Waals surface area contributed by atoms with E-state index in [2.05, 4.69) is 31.3 Å². The number of aliphatic hydroxyl groups is 2. The second-order valence-corrected chi connectivity index (χ2v) is 15.6. The third-order valence-corrected chi connectivity index (χ3v) is 10.1. The lowest BCUT2D eigenvalue weighted by atomic mass is 10.0. The lowest BCUT2D eigenvalue weighted by Crippen LogP contribution is -2.50. The summed E-state index contributed by atoms with van der Waals surface area (Å²) in [6.45, 7) is 4.45. The fraction of sp³-hybridized carbons (Fsp3) is 0.923. The van der Waals surface area contributed by atoms with E-state index in [0.29, 0.717) is 19.3 Å². The van der Waals surface area contributed by atoms with Crippen LogP contribution >= 0.6 is 0 Å². The van der Waals surface area contributed by atoms with E-state index in [1.807, 2.05) is 0 Å². The average molecular weight is 688 g/mol. The molecule has 0 spiro atoms. The van der Waals surface area contributed by atoms with Crippen molar-refractivity contribution >= 4 is 16.0 Å². The maximum Gasteiger partial charge on any atom is 0.266 e. The fourth-order valence-corrected chi connectivity index (χ4v) is 6.97. The van der Waals surface area contributed by atoms with Crippen molar-refractivity contribution in [3.63, 3.8) is 0 Å². The lowest BCUT2D eigenvalue weighted by molar-refractivity contribution is -0.131. The van der Waals surface area contributed by atoms with Gasteiger partial charge in [-0.25, -0.2) is 0 Å². The van der Waals surface area contributed by atoms with Crippen LogP contribution in [0.3, 0.4) is 0 Å². The van der Waals surface area contributed by atoms with Gasteiger partial charge in [0.2, 0.25) is 5.91 Å². The van der Waals surface area contributed by atoms with Gasteiger partial charge in [0.1, 0.15) is 6.10 Å². The Hall–Kier alpha value is -0.960. The minimum Gasteiger partial charge on any atom is -0.391 e. The zero-order valence-corrected chi connectivity index (χ0v) is 31.6. The van der Waals surface area contributed by atoms with Crippen molar-refractivity contribution in [2.75, 3.05) is 5.75 Å². The molecule has 0 aromatic carbocycles. The summed E-state index contributed by atoms with van der Waals surface area (Å²) < 4.78 is 32.5. The smallest absolute Gasteiger partial charge is 0.266 e. The highest BCUT2D eigenvalue weighted by Gasteiger charge is 2.28. The van der Waals surface area contributed by atoms with Gasteiger partial charge in [-0.2, -0.15) is 8.42 Å². The van der Waals surface area contributed by atoms with Gasteiger partial charge < -0.3 is 15.5 Å². The van der Waals surface area contributed by atoms with E-state index in [1.165, 1.54) is 122 Å². The quantitative estimate of drug-likeness (QED) is 0.0295. The van der Waals surface area contributed by atoms with Crippen molar-refractivity contribution in [1.82, 2.24) is 5.32 Å². The fourth-order valence-electron chi connectivity index (χ4n) is 6.21. The summed E-state index contributed by atoms with van der Waals surface area (Å²) in [6.07, 6.45) is 36.8. The maximum absolute atomic E-state index is 12.5. The number of aliphatic hydroxyl groups excluding tert-OH is 2. The Balaban J connectivity index is 3.89. The molecule has 0 aromatic rings. The Morgan fingerprint density at radius 1 is 0.553 bits per heavy atom. The molecule has 0 aliphatic carbocycles. The zero-order valence-electron chi connectivity index (χ0n) is 30.8. The van der Waals surface area contributed by atoms with Crippen LogP contribution < -0.4 is 5.32 Å². The molecule has 47 heavy (non-hydrogen) atoms. The highest BCUT2D eigenvalue weighted by atomic mass is 32.2. The molecule has 0 bridgehead atoms. The molecule has 0 heterocycles. The molecular weight excluding hydrogens is 610 g/mol. The number of rotatable bonds is 36. The lowest BCUT2D eigenvalue weighted by Gasteiger charge is -2.24. The van der Waals surface area contributed by atoms with Crippen LogP contribution in [0.1, 0.15) is 206 Å². The molecule has 0 aliphatic rings. The van der Waals surface area contributed by atoms with Crippen molar-refractivity contribution in [3.8, 4) is 0 Å². The predicted octanol–water partition coefficient (Wildman–Crippen LogP) is 10.4. The van der Waals surface area contributed by atoms with Gasteiger partial charge in [0.25, 0.3) is 10.1 Å². The van der Waals surface area contributed by atoms with Gasteiger partial charge in [0, 0.05) is 0 Å². The third-order valence-electron chi connectivity index (χ3n) is 9.33. The van der Waals surface area contributed by atoms with E-state index in [1.54, 1.807) is 0 Å². The summed E-state index contributed by atoms with van der Waals surface area (Å²) in [6, 6.07) is -1.15. The highest BCUT2D eigenvalue weighted by Crippen LogP contribution is 2.16. The summed E-state index contributed by atoms with van der Waals surface area (Å²) in [5.41, 5.74) is 0. The molecule has 3 atom stereocenters. The Kier molecular flexibility index (Phi) is 32.8. The standard InChI is InChI=1S/C39H77NO6S/c1-3-5-7-9-11-13-14-15-16-17-18-19-20-21-22-23-24-26-27-29-31-33-37(41)36(35-47(44,45)46)40-39(43)38(42)34-32-30-28-25-12-10-8-6-4-2/h10,12,36-38,41-42H,3-9,11,13-35H2,1-2H3,(H,40,43)(H,44,45,46)/b12-10-. The molecule has 0 saturated carbocycles. The zero-order chi connectivity index (χ0) is 34.9. The Bertz CT molecular complexity index is 818. The van der Waals surface area contributed by atoms with Gasteiger partial charge in [0.15, 0.2) is 0 Å². The van der Waals surface area contributed by atoms with Crippen molar-refractivity contribution in [2.24, 2.45) is 0 Å². The molecule has 8 heteroatoms. The largest absolute Gasteiger partial charge is 0.391 e. The van der Waals surface area contributed by atoms with E-state index in [4.69, 9.17) is 0 Å². The van der Waals surface area contributed by atoms with Crippen LogP contribution in [-0.2, 0) is 14.9 Å². The van der Waals surface area contributed by atoms with Crippen LogP contribution in [0, 0.1) is 0 Å². The summed E-state index contributed by atoms with van der Waals surface area (Å²) >= 11 is 0. The van der Waals surface area contributed by atoms with Crippen molar-refractivity contribution in [2.45, 2.75) is 225 Å². The van der Waals surface area contributed by atoms with Gasteiger partial charge in [-0.15, -0.1) is 0 Å². The molecule has 1 amide bonds. The first-order valence-electron chi connectivity index (χ1n) is 20.0. The number of hydrogen-bond donors (Lipinski definition) is 4. The van der Waals surface area contributed by atoms with E-state index < -0.39 is 40.0 Å². The van der Waals surface area contributed by atoms with Crippen LogP contribution in [0.15, 0.2) is 12.2 Å². The number of nitrogens with one attached hydrogen (secondary N) is 1. The summed E-state index contributed by atoms with van der Waals surface area (Å²) in [4.78, 5) is 12.5. The number of unbranched alkanes of at least 4 members (excludes halogenated alkanes) is 25. The van der Waals surface area contributed by atoms with Crippen LogP contribution in [-0.4, -0.2) is 53.1 Å². The first-order valence-corrected chi connectivity index (χ1v) is 21.6. The molecule has 0 radical (unpaired) electrons. The minimum atomic E-state index is -4.40. The summed E-state index contributed by atoms with van der Waals surface area (Å²) in [5, 5.41) is 23.4. The molecule has 7 nitrogen and oxygen atoms in total. The van der Waals surface area contributed by atoms with Crippen LogP contribution in [0.2, 0.25) is 0 Å². The highest BCUT2D eigenvalue weighted by molar-refractivity contribution is 7.85. The number of hydrogen-bond acceptors (Lipinski definition) is 5. The predicted molar refractivity (Wildman–Crippen MR) is 199 cm³/mol. The maximum atomic E-state index is 12.5. The number of carbonyl (C=O) groups excluding carboxylic acids is 1. The minimum absolute atomic E-state index is 0.277. The molecule has 0 fully saturated rings. The monoisotopic (exact) mass is 688 g/mol. The van der Waals surface area contributed by atoms with E-state index in [0.717, 1.165) is 44.9 Å². The number of amides is 1. The second kappa shape index (κ2) is 33.5. The molecule has 4 N–H and O–H groups in total. The Morgan fingerprint density at radius 3 is 1.34 bits per heavy atom. The van der Waals surface area contributed by atoms with Gasteiger partial charge in [-0.05, 0) is 32.1 Å². The molecule has 0 saturated heterocycles. The molecule has 0 aromatic heterocycles. The van der Waals surface area contributed by atoms with E-state index in [9.17, 15) is 28.0 Å². The van der Waals surface area contributed by atoms with Crippen LogP contribution in [0.5, 0.6) is 0 Å². The third kappa shape index (κ3) is 33.3. The first-order chi connectivity index (χ1) is 22.7. The summed E-state index contributed by atoms with van der Waals surface area (Å²) in [7, 11) is -4.40. The van der Waals surface area contributed by atoms with Crippen LogP contribution in [0.25, 0.3) is 0 Å². The molecule has 0 aliphatic heterocycles. The first kappa shape index (κ1) is 46.0. The number of allylic oxidation sites excluding steroid dienone is 2. The Labute approximate surface area is 291 Å². The molecular formula is C39H77NO6S. The van der Waals surface area contributed by atoms with Gasteiger partial charge in [0.05, 0.1) is 17.9 Å². The summed E-state index contributed by atoms with van der Waals surface area (Å²) in [5.74, 6) is -1.47. The van der Waals surface area contributed by atoms with Crippen molar-refractivity contribution in [3.05, 3.63) is 12.2 Å². The van der Waals surface area contributed by atoms with Crippen LogP contribution in [0.4, 0.5) is 0 Å². The van der Waals surface area contributed by atoms with Gasteiger partial charge in [-0.3, -0.25) is 9.35 Å². The van der Waals surface area contributed by atoms with Crippen molar-refractivity contribution in [1.29, 1.82) is 0 Å². The van der Waals surface area contributed by atoms with Crippen molar-refractivity contribution < 1.29 is 28.0 Å². The van der Waals surface area contributed by atoms with E-state index >= 15 is 0 Å². The average Bonchev–Trinajstić information content (AvgIpc) is 3.03. The molecule has 3 unspecified atom stereocenters. The Morgan fingerprint density at radius 2 is 0.915 bits per heavy atom. The topological polar surface area (TPSA) is 124 Å². The normalized spacial score (nSPS) is 14.1. The second-order valence-electron chi connectivity index (χ2n) is 14.1. The SMILES string of the molecule is CCCC/C=C\CCCCCC(O)C(=O)NC(CS(=O)(=O)O)C(O)CCCCCCCCCCCCCCCCCCCCCCC. The van der Waals surface area contributed by atoms with Gasteiger partial charge >= 0.3 is 0 Å².